The molecule has 118 valence electrons. The molecule has 1 heterocycles. The van der Waals surface area contributed by atoms with Gasteiger partial charge in [-0.1, -0.05) is 20.8 Å². The minimum atomic E-state index is -0.467. The summed E-state index contributed by atoms with van der Waals surface area (Å²) in [7, 11) is 0. The predicted molar refractivity (Wildman–Crippen MR) is 83.4 cm³/mol. The molecule has 21 heavy (non-hydrogen) atoms. The van der Waals surface area contributed by atoms with Gasteiger partial charge in [0.25, 0.3) is 0 Å². The Kier molecular flexibility index (Phi) is 7.45. The molecule has 0 atom stereocenters. The quantitative estimate of drug-likeness (QED) is 0.563. The molecule has 0 saturated heterocycles. The van der Waals surface area contributed by atoms with Crippen LogP contribution >= 0.6 is 0 Å². The summed E-state index contributed by atoms with van der Waals surface area (Å²) in [5.41, 5.74) is 6.06. The van der Waals surface area contributed by atoms with E-state index in [1.807, 2.05) is 0 Å². The molecule has 4 N–H and O–H groups in total. The maximum atomic E-state index is 10.6. The number of rotatable bonds is 10. The lowest BCUT2D eigenvalue weighted by atomic mass is 10.0. The Bertz CT molecular complexity index is 451. The van der Waals surface area contributed by atoms with Crippen molar-refractivity contribution < 1.29 is 9.53 Å². The van der Waals surface area contributed by atoms with Crippen LogP contribution in [0.3, 0.4) is 0 Å². The van der Waals surface area contributed by atoms with Crippen LogP contribution in [0.1, 0.15) is 38.7 Å². The molecule has 0 saturated carbocycles. The van der Waals surface area contributed by atoms with Crippen molar-refractivity contribution in [2.45, 2.75) is 33.1 Å². The zero-order chi connectivity index (χ0) is 15.7. The van der Waals surface area contributed by atoms with Gasteiger partial charge < -0.3 is 21.1 Å². The molecule has 0 aliphatic rings. The van der Waals surface area contributed by atoms with E-state index < -0.39 is 5.91 Å². The summed E-state index contributed by atoms with van der Waals surface area (Å²) in [6.45, 7) is 8.07. The monoisotopic (exact) mass is 295 g/mol. The number of hydrogen-bond acceptors (Lipinski definition) is 6. The zero-order valence-corrected chi connectivity index (χ0v) is 13.0. The van der Waals surface area contributed by atoms with Gasteiger partial charge in [0.15, 0.2) is 0 Å². The van der Waals surface area contributed by atoms with Gasteiger partial charge in [0, 0.05) is 18.7 Å². The number of nitrogens with one attached hydrogen (secondary N) is 2. The number of carbonyl (C=O) groups is 1. The molecule has 1 aromatic rings. The molecule has 0 radical (unpaired) electrons. The summed E-state index contributed by atoms with van der Waals surface area (Å²) in [4.78, 5) is 19.2. The van der Waals surface area contributed by atoms with Crippen molar-refractivity contribution in [2.24, 2.45) is 5.73 Å². The lowest BCUT2D eigenvalue weighted by Gasteiger charge is -2.17. The van der Waals surface area contributed by atoms with Gasteiger partial charge in [0.05, 0.1) is 6.61 Å². The lowest BCUT2D eigenvalue weighted by Crippen LogP contribution is -2.21. The van der Waals surface area contributed by atoms with Crippen LogP contribution in [-0.4, -0.2) is 42.2 Å². The Morgan fingerprint density at radius 2 is 1.90 bits per heavy atom. The first-order chi connectivity index (χ1) is 10.1. The van der Waals surface area contributed by atoms with E-state index in [4.69, 9.17) is 10.5 Å². The van der Waals surface area contributed by atoms with Crippen molar-refractivity contribution in [3.63, 3.8) is 0 Å². The summed E-state index contributed by atoms with van der Waals surface area (Å²) in [6.07, 6.45) is 2.57. The molecule has 0 aliphatic carbocycles. The van der Waals surface area contributed by atoms with E-state index in [9.17, 15) is 4.79 Å². The van der Waals surface area contributed by atoms with E-state index in [1.54, 1.807) is 0 Å². The van der Waals surface area contributed by atoms with E-state index in [1.165, 1.54) is 6.33 Å². The molecular formula is C14H25N5O2. The van der Waals surface area contributed by atoms with Crippen molar-refractivity contribution >= 4 is 17.5 Å². The van der Waals surface area contributed by atoms with Crippen LogP contribution in [0.25, 0.3) is 0 Å². The maximum Gasteiger partial charge on any atom is 0.243 e. The summed E-state index contributed by atoms with van der Waals surface area (Å²) in [5.74, 6) is 1.48. The zero-order valence-electron chi connectivity index (χ0n) is 13.0. The highest BCUT2D eigenvalue weighted by Crippen LogP contribution is 2.28. The summed E-state index contributed by atoms with van der Waals surface area (Å²) < 4.78 is 5.12. The Morgan fingerprint density at radius 1 is 1.29 bits per heavy atom. The number of ether oxygens (including phenoxy) is 1. The number of amides is 1. The third-order valence-corrected chi connectivity index (χ3v) is 2.79. The highest BCUT2D eigenvalue weighted by atomic mass is 16.5. The average molecular weight is 295 g/mol. The summed E-state index contributed by atoms with van der Waals surface area (Å²) in [6, 6.07) is 0. The standard InChI is InChI=1S/C14H25N5O2/c1-4-5-16-13-12(10(2)3)14(19-9-18-13)17-6-7-21-8-11(15)20/h9-10H,4-8H2,1-3H3,(H2,15,20)(H2,16,17,18,19). The number of anilines is 2. The number of hydrogen-bond donors (Lipinski definition) is 3. The van der Waals surface area contributed by atoms with E-state index in [0.717, 1.165) is 30.2 Å². The van der Waals surface area contributed by atoms with Crippen molar-refractivity contribution in [3.05, 3.63) is 11.9 Å². The first-order valence-electron chi connectivity index (χ1n) is 7.24. The second-order valence-corrected chi connectivity index (χ2v) is 5.01. The van der Waals surface area contributed by atoms with E-state index in [0.29, 0.717) is 19.1 Å². The number of nitrogens with zero attached hydrogens (tertiary/aromatic N) is 2. The second kappa shape index (κ2) is 9.12. The van der Waals surface area contributed by atoms with Gasteiger partial charge in [-0.15, -0.1) is 0 Å². The third kappa shape index (κ3) is 5.95. The Hall–Kier alpha value is -1.89. The van der Waals surface area contributed by atoms with Crippen LogP contribution < -0.4 is 16.4 Å². The highest BCUT2D eigenvalue weighted by Gasteiger charge is 2.14. The van der Waals surface area contributed by atoms with Crippen molar-refractivity contribution in [2.75, 3.05) is 36.9 Å². The second-order valence-electron chi connectivity index (χ2n) is 5.01. The molecule has 0 spiro atoms. The van der Waals surface area contributed by atoms with Crippen LogP contribution in [0.15, 0.2) is 6.33 Å². The molecule has 0 unspecified atom stereocenters. The molecule has 7 heteroatoms. The van der Waals surface area contributed by atoms with Crippen molar-refractivity contribution in [1.29, 1.82) is 0 Å². The van der Waals surface area contributed by atoms with Gasteiger partial charge in [-0.05, 0) is 12.3 Å². The normalized spacial score (nSPS) is 10.7. The summed E-state index contributed by atoms with van der Waals surface area (Å²) in [5, 5.41) is 6.53. The fourth-order valence-electron chi connectivity index (χ4n) is 1.88. The van der Waals surface area contributed by atoms with Gasteiger partial charge in [0.1, 0.15) is 24.6 Å². The number of nitrogens with two attached hydrogens (primary N) is 1. The molecule has 0 fully saturated rings. The minimum Gasteiger partial charge on any atom is -0.370 e. The topological polar surface area (TPSA) is 102 Å². The maximum absolute atomic E-state index is 10.6. The Balaban J connectivity index is 2.65. The molecule has 1 rings (SSSR count). The first-order valence-corrected chi connectivity index (χ1v) is 7.24. The van der Waals surface area contributed by atoms with Gasteiger partial charge in [-0.3, -0.25) is 4.79 Å². The first kappa shape index (κ1) is 17.2. The van der Waals surface area contributed by atoms with Gasteiger partial charge in [0.2, 0.25) is 5.91 Å². The van der Waals surface area contributed by atoms with Gasteiger partial charge in [-0.2, -0.15) is 0 Å². The smallest absolute Gasteiger partial charge is 0.243 e. The molecule has 0 aromatic carbocycles. The molecule has 0 bridgehead atoms. The van der Waals surface area contributed by atoms with Gasteiger partial charge >= 0.3 is 0 Å². The van der Waals surface area contributed by atoms with Crippen molar-refractivity contribution in [1.82, 2.24) is 9.97 Å². The lowest BCUT2D eigenvalue weighted by molar-refractivity contribution is -0.122. The SMILES string of the molecule is CCCNc1ncnc(NCCOCC(N)=O)c1C(C)C. The van der Waals surface area contributed by atoms with Crippen LogP contribution in [0, 0.1) is 0 Å². The number of aromatic nitrogens is 2. The van der Waals surface area contributed by atoms with E-state index >= 15 is 0 Å². The van der Waals surface area contributed by atoms with E-state index in [2.05, 4.69) is 41.4 Å². The summed E-state index contributed by atoms with van der Waals surface area (Å²) >= 11 is 0. The molecular weight excluding hydrogens is 270 g/mol. The number of carbonyl (C=O) groups excluding carboxylic acids is 1. The van der Waals surface area contributed by atoms with Crippen LogP contribution in [0.5, 0.6) is 0 Å². The van der Waals surface area contributed by atoms with Gasteiger partial charge in [-0.25, -0.2) is 9.97 Å². The molecule has 0 aliphatic heterocycles. The van der Waals surface area contributed by atoms with Crippen LogP contribution in [-0.2, 0) is 9.53 Å². The largest absolute Gasteiger partial charge is 0.370 e. The molecule has 1 aromatic heterocycles. The van der Waals surface area contributed by atoms with Crippen LogP contribution in [0.4, 0.5) is 11.6 Å². The predicted octanol–water partition coefficient (Wildman–Crippen LogP) is 1.34. The molecule has 7 nitrogen and oxygen atoms in total. The average Bonchev–Trinajstić information content (AvgIpc) is 2.44. The van der Waals surface area contributed by atoms with Crippen LogP contribution in [0.2, 0.25) is 0 Å². The molecule has 1 amide bonds. The third-order valence-electron chi connectivity index (χ3n) is 2.79. The fraction of sp³-hybridized carbons (Fsp3) is 0.643. The van der Waals surface area contributed by atoms with Crippen molar-refractivity contribution in [3.8, 4) is 0 Å². The van der Waals surface area contributed by atoms with E-state index in [-0.39, 0.29) is 6.61 Å². The minimum absolute atomic E-state index is 0.0637. The Morgan fingerprint density at radius 3 is 2.43 bits per heavy atom. The number of primary amides is 1. The highest BCUT2D eigenvalue weighted by molar-refractivity contribution is 5.74. The fourth-order valence-corrected chi connectivity index (χ4v) is 1.88. The Labute approximate surface area is 125 Å².